The van der Waals surface area contributed by atoms with Crippen molar-refractivity contribution in [2.75, 3.05) is 6.54 Å². The van der Waals surface area contributed by atoms with Gasteiger partial charge in [0.05, 0.1) is 21.5 Å². The summed E-state index contributed by atoms with van der Waals surface area (Å²) in [5, 5.41) is 7.17. The molecule has 0 spiro atoms. The molecule has 0 bridgehead atoms. The van der Waals surface area contributed by atoms with E-state index in [-0.39, 0.29) is 5.91 Å². The Morgan fingerprint density at radius 1 is 1.47 bits per heavy atom. The van der Waals surface area contributed by atoms with E-state index < -0.39 is 0 Å². The molecule has 0 unspecified atom stereocenters. The summed E-state index contributed by atoms with van der Waals surface area (Å²) in [5.41, 5.74) is 3.12. The molecule has 2 aromatic heterocycles. The zero-order valence-corrected chi connectivity index (χ0v) is 12.7. The Kier molecular flexibility index (Phi) is 3.99. The van der Waals surface area contributed by atoms with Crippen LogP contribution in [0.4, 0.5) is 0 Å². The van der Waals surface area contributed by atoms with Crippen molar-refractivity contribution in [1.82, 2.24) is 20.1 Å². The molecule has 2 aromatic rings. The van der Waals surface area contributed by atoms with Crippen LogP contribution in [-0.2, 0) is 0 Å². The van der Waals surface area contributed by atoms with Crippen LogP contribution in [0.15, 0.2) is 22.8 Å². The number of aromatic nitrogens is 3. The molecule has 0 radical (unpaired) electrons. The molecule has 19 heavy (non-hydrogen) atoms. The number of aryl methyl sites for hydroxylation is 1. The molecule has 0 aliphatic heterocycles. The molecule has 0 aromatic carbocycles. The van der Waals surface area contributed by atoms with E-state index in [1.54, 1.807) is 16.9 Å². The third-order valence-electron chi connectivity index (χ3n) is 2.76. The fourth-order valence-electron chi connectivity index (χ4n) is 1.80. The minimum Gasteiger partial charge on any atom is -0.351 e. The summed E-state index contributed by atoms with van der Waals surface area (Å²) >= 11 is 3.49. The number of hydrogen-bond donors (Lipinski definition) is 1. The minimum atomic E-state index is -0.176. The van der Waals surface area contributed by atoms with Gasteiger partial charge in [0.25, 0.3) is 5.91 Å². The van der Waals surface area contributed by atoms with Gasteiger partial charge in [-0.15, -0.1) is 0 Å². The maximum atomic E-state index is 11.8. The molecule has 2 heterocycles. The largest absolute Gasteiger partial charge is 0.351 e. The highest BCUT2D eigenvalue weighted by atomic mass is 79.9. The lowest BCUT2D eigenvalue weighted by atomic mass is 10.3. The predicted molar refractivity (Wildman–Crippen MR) is 76.5 cm³/mol. The van der Waals surface area contributed by atoms with Gasteiger partial charge in [-0.2, -0.15) is 5.10 Å². The number of pyridine rings is 1. The second-order valence-electron chi connectivity index (χ2n) is 4.16. The first-order valence-electron chi connectivity index (χ1n) is 6.01. The number of carbonyl (C=O) groups is 1. The summed E-state index contributed by atoms with van der Waals surface area (Å²) < 4.78 is 2.77. The van der Waals surface area contributed by atoms with Gasteiger partial charge in [-0.05, 0) is 48.8 Å². The first-order chi connectivity index (χ1) is 9.04. The number of amides is 1. The zero-order chi connectivity index (χ0) is 14.0. The van der Waals surface area contributed by atoms with Gasteiger partial charge in [0.15, 0.2) is 0 Å². The number of nitrogens with one attached hydrogen (secondary N) is 1. The highest BCUT2D eigenvalue weighted by Crippen LogP contribution is 2.22. The Bertz CT molecular complexity index is 621. The van der Waals surface area contributed by atoms with Crippen molar-refractivity contribution in [3.63, 3.8) is 0 Å². The van der Waals surface area contributed by atoms with Crippen LogP contribution in [0.1, 0.15) is 28.8 Å². The maximum absolute atomic E-state index is 11.8. The van der Waals surface area contributed by atoms with Crippen molar-refractivity contribution in [2.24, 2.45) is 0 Å². The van der Waals surface area contributed by atoms with Gasteiger partial charge in [0.1, 0.15) is 5.69 Å². The van der Waals surface area contributed by atoms with Crippen molar-refractivity contribution in [3.05, 3.63) is 39.9 Å². The van der Waals surface area contributed by atoms with E-state index in [9.17, 15) is 4.79 Å². The average Bonchev–Trinajstić information content (AvgIpc) is 2.67. The number of halogens is 1. The molecule has 6 heteroatoms. The summed E-state index contributed by atoms with van der Waals surface area (Å²) in [4.78, 5) is 15.9. The Morgan fingerprint density at radius 3 is 2.79 bits per heavy atom. The lowest BCUT2D eigenvalue weighted by Gasteiger charge is -2.06. The molecule has 1 amide bonds. The molecular formula is C13H15BrN4O. The van der Waals surface area contributed by atoms with Gasteiger partial charge in [-0.3, -0.25) is 9.78 Å². The van der Waals surface area contributed by atoms with Gasteiger partial charge < -0.3 is 5.32 Å². The van der Waals surface area contributed by atoms with Crippen molar-refractivity contribution < 1.29 is 4.79 Å². The fourth-order valence-corrected chi connectivity index (χ4v) is 2.05. The van der Waals surface area contributed by atoms with Crippen molar-refractivity contribution in [3.8, 4) is 5.69 Å². The molecule has 0 atom stereocenters. The Morgan fingerprint density at radius 2 is 2.21 bits per heavy atom. The Labute approximate surface area is 120 Å². The summed E-state index contributed by atoms with van der Waals surface area (Å²) in [5.74, 6) is -0.176. The maximum Gasteiger partial charge on any atom is 0.269 e. The first kappa shape index (κ1) is 13.7. The highest BCUT2D eigenvalue weighted by molar-refractivity contribution is 9.10. The first-order valence-corrected chi connectivity index (χ1v) is 6.80. The second-order valence-corrected chi connectivity index (χ2v) is 4.95. The van der Waals surface area contributed by atoms with Gasteiger partial charge in [0.2, 0.25) is 0 Å². The topological polar surface area (TPSA) is 59.8 Å². The average molecular weight is 323 g/mol. The third kappa shape index (κ3) is 2.68. The van der Waals surface area contributed by atoms with Crippen molar-refractivity contribution in [2.45, 2.75) is 20.8 Å². The second kappa shape index (κ2) is 5.52. The van der Waals surface area contributed by atoms with E-state index >= 15 is 0 Å². The van der Waals surface area contributed by atoms with Crippen LogP contribution < -0.4 is 5.32 Å². The summed E-state index contributed by atoms with van der Waals surface area (Å²) in [6, 6.07) is 3.56. The monoisotopic (exact) mass is 322 g/mol. The number of nitrogens with zero attached hydrogens (tertiary/aromatic N) is 3. The van der Waals surface area contributed by atoms with Crippen LogP contribution in [0.25, 0.3) is 5.69 Å². The summed E-state index contributed by atoms with van der Waals surface area (Å²) in [7, 11) is 0. The van der Waals surface area contributed by atoms with Gasteiger partial charge >= 0.3 is 0 Å². The number of carbonyl (C=O) groups excluding carboxylic acids is 1. The molecule has 0 saturated carbocycles. The minimum absolute atomic E-state index is 0.176. The van der Waals surface area contributed by atoms with Crippen LogP contribution in [-0.4, -0.2) is 27.2 Å². The van der Waals surface area contributed by atoms with E-state index in [1.165, 1.54) is 0 Å². The smallest absolute Gasteiger partial charge is 0.269 e. The van der Waals surface area contributed by atoms with E-state index in [1.807, 2.05) is 26.8 Å². The lowest BCUT2D eigenvalue weighted by Crippen LogP contribution is -2.23. The molecule has 1 N–H and O–H groups in total. The fraction of sp³-hybridized carbons (Fsp3) is 0.308. The summed E-state index contributed by atoms with van der Waals surface area (Å²) in [6.07, 6.45) is 1.62. The van der Waals surface area contributed by atoms with Gasteiger partial charge in [-0.1, -0.05) is 0 Å². The van der Waals surface area contributed by atoms with Crippen LogP contribution >= 0.6 is 15.9 Å². The lowest BCUT2D eigenvalue weighted by molar-refractivity contribution is 0.0951. The van der Waals surface area contributed by atoms with E-state index in [0.717, 1.165) is 21.5 Å². The SMILES string of the molecule is CCNC(=O)c1cc(-n2nc(C)c(Br)c2C)ccn1. The predicted octanol–water partition coefficient (Wildman–Crippen LogP) is 2.40. The molecule has 0 aliphatic carbocycles. The molecular weight excluding hydrogens is 308 g/mol. The summed E-state index contributed by atoms with van der Waals surface area (Å²) in [6.45, 7) is 6.35. The number of hydrogen-bond acceptors (Lipinski definition) is 3. The quantitative estimate of drug-likeness (QED) is 0.943. The van der Waals surface area contributed by atoms with E-state index in [4.69, 9.17) is 0 Å². The van der Waals surface area contributed by atoms with Crippen LogP contribution in [0.5, 0.6) is 0 Å². The van der Waals surface area contributed by atoms with E-state index in [2.05, 4.69) is 31.3 Å². The van der Waals surface area contributed by atoms with E-state index in [0.29, 0.717) is 12.2 Å². The standard InChI is InChI=1S/C13H15BrN4O/c1-4-15-13(19)11-7-10(5-6-16-11)18-9(3)12(14)8(2)17-18/h5-7H,4H2,1-3H3,(H,15,19). The van der Waals surface area contributed by atoms with Crippen molar-refractivity contribution in [1.29, 1.82) is 0 Å². The van der Waals surface area contributed by atoms with Crippen LogP contribution in [0, 0.1) is 13.8 Å². The van der Waals surface area contributed by atoms with Gasteiger partial charge in [-0.25, -0.2) is 4.68 Å². The Balaban J connectivity index is 2.43. The third-order valence-corrected chi connectivity index (χ3v) is 3.91. The molecule has 0 fully saturated rings. The molecule has 0 saturated heterocycles. The molecule has 0 aliphatic rings. The Hall–Kier alpha value is -1.69. The molecule has 5 nitrogen and oxygen atoms in total. The normalized spacial score (nSPS) is 10.5. The molecule has 100 valence electrons. The van der Waals surface area contributed by atoms with Crippen LogP contribution in [0.2, 0.25) is 0 Å². The van der Waals surface area contributed by atoms with Crippen LogP contribution in [0.3, 0.4) is 0 Å². The van der Waals surface area contributed by atoms with Crippen molar-refractivity contribution >= 4 is 21.8 Å². The number of rotatable bonds is 3. The van der Waals surface area contributed by atoms with Gasteiger partial charge in [0, 0.05) is 12.7 Å². The zero-order valence-electron chi connectivity index (χ0n) is 11.1. The molecule has 2 rings (SSSR count). The highest BCUT2D eigenvalue weighted by Gasteiger charge is 2.12.